The number of aryl methyl sites for hydroxylation is 1. The number of hydrogen-bond acceptors (Lipinski definition) is 1. The topological polar surface area (TPSA) is 29.1 Å². The van der Waals surface area contributed by atoms with Crippen molar-refractivity contribution in [1.29, 1.82) is 0 Å². The van der Waals surface area contributed by atoms with Gasteiger partial charge in [0.05, 0.1) is 10.6 Å². The molecule has 2 nitrogen and oxygen atoms in total. The summed E-state index contributed by atoms with van der Waals surface area (Å²) >= 11 is 5.80. The van der Waals surface area contributed by atoms with E-state index in [2.05, 4.69) is 5.32 Å². The number of nitrogens with one attached hydrogen (secondary N) is 1. The maximum Gasteiger partial charge on any atom is 0.253 e. The van der Waals surface area contributed by atoms with Crippen LogP contribution in [-0.4, -0.2) is 5.91 Å². The maximum atomic E-state index is 13.1. The summed E-state index contributed by atoms with van der Waals surface area (Å²) in [4.78, 5) is 11.9. The van der Waals surface area contributed by atoms with Gasteiger partial charge in [0.25, 0.3) is 5.91 Å². The zero-order valence-electron chi connectivity index (χ0n) is 10.7. The second-order valence-electron chi connectivity index (χ2n) is 4.39. The molecule has 0 bridgehead atoms. The van der Waals surface area contributed by atoms with E-state index in [1.807, 2.05) is 0 Å². The van der Waals surface area contributed by atoms with Gasteiger partial charge in [-0.3, -0.25) is 4.79 Å². The van der Waals surface area contributed by atoms with Crippen molar-refractivity contribution in [2.75, 3.05) is 0 Å². The van der Waals surface area contributed by atoms with Gasteiger partial charge in [-0.05, 0) is 42.3 Å². The van der Waals surface area contributed by atoms with E-state index in [-0.39, 0.29) is 22.9 Å². The summed E-state index contributed by atoms with van der Waals surface area (Å²) in [5.74, 6) is -1.20. The Bertz CT molecular complexity index is 658. The number of halogens is 3. The summed E-state index contributed by atoms with van der Waals surface area (Å²) < 4.78 is 26.0. The first-order valence-corrected chi connectivity index (χ1v) is 6.33. The second-order valence-corrected chi connectivity index (χ2v) is 4.80. The van der Waals surface area contributed by atoms with Crippen LogP contribution in [0.25, 0.3) is 0 Å². The Morgan fingerprint density at radius 2 is 1.95 bits per heavy atom. The van der Waals surface area contributed by atoms with Crippen molar-refractivity contribution in [2.45, 2.75) is 13.5 Å². The molecule has 2 rings (SSSR count). The lowest BCUT2D eigenvalue weighted by molar-refractivity contribution is 0.0951. The fourth-order valence-electron chi connectivity index (χ4n) is 1.77. The van der Waals surface area contributed by atoms with Crippen molar-refractivity contribution >= 4 is 17.5 Å². The molecular weight excluding hydrogens is 284 g/mol. The molecule has 104 valence electrons. The molecule has 0 heterocycles. The Hall–Kier alpha value is -1.94. The minimum absolute atomic E-state index is 0.0535. The average Bonchev–Trinajstić information content (AvgIpc) is 2.40. The molecule has 2 aromatic rings. The van der Waals surface area contributed by atoms with Crippen LogP contribution in [0.5, 0.6) is 0 Å². The summed E-state index contributed by atoms with van der Waals surface area (Å²) in [6.45, 7) is 1.89. The number of amides is 1. The molecule has 2 aromatic carbocycles. The zero-order valence-corrected chi connectivity index (χ0v) is 11.5. The van der Waals surface area contributed by atoms with E-state index in [0.29, 0.717) is 5.56 Å². The highest BCUT2D eigenvalue weighted by Gasteiger charge is 2.11. The largest absolute Gasteiger partial charge is 0.348 e. The molecule has 0 saturated carbocycles. The number of hydrogen-bond donors (Lipinski definition) is 1. The van der Waals surface area contributed by atoms with Crippen LogP contribution >= 0.6 is 11.6 Å². The Balaban J connectivity index is 2.06. The van der Waals surface area contributed by atoms with E-state index < -0.39 is 11.7 Å². The lowest BCUT2D eigenvalue weighted by Gasteiger charge is -2.08. The highest BCUT2D eigenvalue weighted by atomic mass is 35.5. The van der Waals surface area contributed by atoms with Gasteiger partial charge in [-0.1, -0.05) is 23.7 Å². The molecule has 0 aliphatic carbocycles. The standard InChI is InChI=1S/C15H12ClF2NO/c1-9-6-10(2-5-14(9)18)8-19-15(20)12-4-3-11(17)7-13(12)16/h2-7H,8H2,1H3,(H,19,20). The summed E-state index contributed by atoms with van der Waals surface area (Å²) in [7, 11) is 0. The minimum Gasteiger partial charge on any atom is -0.348 e. The van der Waals surface area contributed by atoms with Crippen LogP contribution in [0.4, 0.5) is 8.78 Å². The van der Waals surface area contributed by atoms with Gasteiger partial charge in [-0.2, -0.15) is 0 Å². The average molecular weight is 296 g/mol. The van der Waals surface area contributed by atoms with Crippen LogP contribution < -0.4 is 5.32 Å². The third kappa shape index (κ3) is 3.33. The lowest BCUT2D eigenvalue weighted by atomic mass is 10.1. The van der Waals surface area contributed by atoms with E-state index in [4.69, 9.17) is 11.6 Å². The third-order valence-electron chi connectivity index (χ3n) is 2.85. The Morgan fingerprint density at radius 3 is 2.60 bits per heavy atom. The van der Waals surface area contributed by atoms with Crippen LogP contribution in [0.1, 0.15) is 21.5 Å². The van der Waals surface area contributed by atoms with Gasteiger partial charge < -0.3 is 5.32 Å². The quantitative estimate of drug-likeness (QED) is 0.915. The SMILES string of the molecule is Cc1cc(CNC(=O)c2ccc(F)cc2Cl)ccc1F. The minimum atomic E-state index is -0.499. The van der Waals surface area contributed by atoms with Crippen LogP contribution in [0.2, 0.25) is 5.02 Å². The van der Waals surface area contributed by atoms with Gasteiger partial charge in [-0.25, -0.2) is 8.78 Å². The second kappa shape index (κ2) is 6.01. The first kappa shape index (κ1) is 14.5. The first-order chi connectivity index (χ1) is 9.47. The molecule has 0 aliphatic heterocycles. The van der Waals surface area contributed by atoms with E-state index in [0.717, 1.165) is 11.6 Å². The fraction of sp³-hybridized carbons (Fsp3) is 0.133. The molecule has 0 aliphatic rings. The van der Waals surface area contributed by atoms with Crippen molar-refractivity contribution in [2.24, 2.45) is 0 Å². The normalized spacial score (nSPS) is 10.4. The molecule has 0 unspecified atom stereocenters. The predicted molar refractivity (Wildman–Crippen MR) is 73.7 cm³/mol. The van der Waals surface area contributed by atoms with Gasteiger partial charge in [0, 0.05) is 6.54 Å². The van der Waals surface area contributed by atoms with Crippen molar-refractivity contribution in [3.8, 4) is 0 Å². The number of carbonyl (C=O) groups excluding carboxylic acids is 1. The van der Waals surface area contributed by atoms with Gasteiger partial charge in [-0.15, -0.1) is 0 Å². The van der Waals surface area contributed by atoms with E-state index in [1.54, 1.807) is 19.1 Å². The highest BCUT2D eigenvalue weighted by molar-refractivity contribution is 6.33. The summed E-state index contributed by atoms with van der Waals surface area (Å²) in [5.41, 5.74) is 1.49. The monoisotopic (exact) mass is 295 g/mol. The molecule has 5 heteroatoms. The van der Waals surface area contributed by atoms with Crippen LogP contribution in [0.15, 0.2) is 36.4 Å². The van der Waals surface area contributed by atoms with Crippen molar-refractivity contribution in [1.82, 2.24) is 5.32 Å². The van der Waals surface area contributed by atoms with Crippen LogP contribution in [-0.2, 0) is 6.54 Å². The van der Waals surface area contributed by atoms with Gasteiger partial charge in [0.2, 0.25) is 0 Å². The van der Waals surface area contributed by atoms with Crippen molar-refractivity contribution in [3.05, 3.63) is 69.7 Å². The molecule has 0 saturated heterocycles. The van der Waals surface area contributed by atoms with E-state index in [9.17, 15) is 13.6 Å². The summed E-state index contributed by atoms with van der Waals surface area (Å²) in [6.07, 6.45) is 0. The molecule has 0 fully saturated rings. The Kier molecular flexibility index (Phi) is 4.35. The maximum absolute atomic E-state index is 13.1. The van der Waals surface area contributed by atoms with Crippen LogP contribution in [0, 0.1) is 18.6 Å². The first-order valence-electron chi connectivity index (χ1n) is 5.95. The predicted octanol–water partition coefficient (Wildman–Crippen LogP) is 3.86. The molecule has 0 spiro atoms. The molecule has 0 radical (unpaired) electrons. The Labute approximate surface area is 120 Å². The third-order valence-corrected chi connectivity index (χ3v) is 3.16. The van der Waals surface area contributed by atoms with E-state index in [1.165, 1.54) is 18.2 Å². The molecule has 20 heavy (non-hydrogen) atoms. The molecule has 0 aromatic heterocycles. The van der Waals surface area contributed by atoms with Gasteiger partial charge in [0.15, 0.2) is 0 Å². The molecule has 1 amide bonds. The van der Waals surface area contributed by atoms with Gasteiger partial charge >= 0.3 is 0 Å². The number of benzene rings is 2. The molecule has 0 atom stereocenters. The summed E-state index contributed by atoms with van der Waals surface area (Å²) in [5, 5.41) is 2.71. The number of rotatable bonds is 3. The van der Waals surface area contributed by atoms with Gasteiger partial charge in [0.1, 0.15) is 11.6 Å². The smallest absolute Gasteiger partial charge is 0.253 e. The number of carbonyl (C=O) groups is 1. The lowest BCUT2D eigenvalue weighted by Crippen LogP contribution is -2.23. The van der Waals surface area contributed by atoms with E-state index >= 15 is 0 Å². The van der Waals surface area contributed by atoms with Crippen molar-refractivity contribution < 1.29 is 13.6 Å². The summed E-state index contributed by atoms with van der Waals surface area (Å²) in [6, 6.07) is 8.17. The van der Waals surface area contributed by atoms with Crippen molar-refractivity contribution in [3.63, 3.8) is 0 Å². The Morgan fingerprint density at radius 1 is 1.20 bits per heavy atom. The molecular formula is C15H12ClF2NO. The highest BCUT2D eigenvalue weighted by Crippen LogP contribution is 2.17. The zero-order chi connectivity index (χ0) is 14.7. The van der Waals surface area contributed by atoms with Crippen LogP contribution in [0.3, 0.4) is 0 Å². The molecule has 1 N–H and O–H groups in total. The fourth-order valence-corrected chi connectivity index (χ4v) is 2.02.